The number of nitrogens with zero attached hydrogens (tertiary/aromatic N) is 4. The highest BCUT2D eigenvalue weighted by Gasteiger charge is 2.21. The molecule has 1 aromatic carbocycles. The van der Waals surface area contributed by atoms with E-state index < -0.39 is 4.92 Å². The van der Waals surface area contributed by atoms with Crippen molar-refractivity contribution in [3.63, 3.8) is 0 Å². The zero-order valence-electron chi connectivity index (χ0n) is 11.6. The molecule has 1 atom stereocenters. The van der Waals surface area contributed by atoms with E-state index >= 15 is 0 Å². The summed E-state index contributed by atoms with van der Waals surface area (Å²) < 4.78 is 0. The number of nitro groups is 1. The Morgan fingerprint density at radius 1 is 1.38 bits per heavy atom. The fourth-order valence-corrected chi connectivity index (χ4v) is 1.89. The highest BCUT2D eigenvalue weighted by atomic mass is 16.6. The van der Waals surface area contributed by atoms with Gasteiger partial charge in [0, 0.05) is 31.6 Å². The molecular formula is C14H14N4O3. The van der Waals surface area contributed by atoms with Crippen LogP contribution in [0.3, 0.4) is 0 Å². The second-order valence-corrected chi connectivity index (χ2v) is 4.53. The van der Waals surface area contributed by atoms with Gasteiger partial charge in [-0.05, 0) is 12.5 Å². The lowest BCUT2D eigenvalue weighted by molar-refractivity contribution is -0.384. The maximum Gasteiger partial charge on any atom is 0.274 e. The Labute approximate surface area is 121 Å². The van der Waals surface area contributed by atoms with Gasteiger partial charge in [0.1, 0.15) is 5.69 Å². The van der Waals surface area contributed by atoms with Gasteiger partial charge in [-0.3, -0.25) is 19.9 Å². The van der Waals surface area contributed by atoms with Crippen molar-refractivity contribution in [1.82, 2.24) is 14.9 Å². The quantitative estimate of drug-likeness (QED) is 0.635. The Morgan fingerprint density at radius 2 is 2.14 bits per heavy atom. The molecule has 0 aliphatic heterocycles. The number of hydrogen-bond acceptors (Lipinski definition) is 5. The number of non-ortho nitro benzene ring substituents is 1. The fourth-order valence-electron chi connectivity index (χ4n) is 1.89. The summed E-state index contributed by atoms with van der Waals surface area (Å²) in [5.74, 6) is -0.290. The molecule has 2 rings (SSSR count). The van der Waals surface area contributed by atoms with Crippen LogP contribution in [0.15, 0.2) is 42.9 Å². The van der Waals surface area contributed by atoms with Crippen LogP contribution in [-0.4, -0.2) is 32.7 Å². The summed E-state index contributed by atoms with van der Waals surface area (Å²) in [5.41, 5.74) is 0.918. The highest BCUT2D eigenvalue weighted by molar-refractivity contribution is 5.92. The maximum atomic E-state index is 12.3. The lowest BCUT2D eigenvalue weighted by Crippen LogP contribution is -2.30. The van der Waals surface area contributed by atoms with Crippen molar-refractivity contribution in [3.8, 4) is 0 Å². The molecule has 0 fully saturated rings. The first-order chi connectivity index (χ1) is 10.0. The number of rotatable bonds is 4. The topological polar surface area (TPSA) is 89.2 Å². The molecule has 7 heteroatoms. The number of carbonyl (C=O) groups is 1. The van der Waals surface area contributed by atoms with Crippen LogP contribution in [-0.2, 0) is 0 Å². The van der Waals surface area contributed by atoms with E-state index in [0.29, 0.717) is 5.56 Å². The average Bonchev–Trinajstić information content (AvgIpc) is 2.53. The molecule has 0 spiro atoms. The van der Waals surface area contributed by atoms with E-state index in [1.165, 1.54) is 35.6 Å². The molecule has 1 heterocycles. The summed E-state index contributed by atoms with van der Waals surface area (Å²) in [6.07, 6.45) is 4.32. The maximum absolute atomic E-state index is 12.3. The van der Waals surface area contributed by atoms with Crippen LogP contribution in [0.5, 0.6) is 0 Å². The normalized spacial score (nSPS) is 11.7. The summed E-state index contributed by atoms with van der Waals surface area (Å²) in [6, 6.07) is 5.91. The third-order valence-electron chi connectivity index (χ3n) is 3.25. The molecule has 0 aliphatic carbocycles. The summed E-state index contributed by atoms with van der Waals surface area (Å²) in [7, 11) is 1.63. The molecule has 1 aromatic heterocycles. The zero-order valence-corrected chi connectivity index (χ0v) is 11.6. The number of hydrogen-bond donors (Lipinski definition) is 0. The molecule has 108 valence electrons. The van der Waals surface area contributed by atoms with Gasteiger partial charge in [0.05, 0.1) is 17.2 Å². The molecule has 0 unspecified atom stereocenters. The van der Waals surface area contributed by atoms with Gasteiger partial charge in [0.15, 0.2) is 0 Å². The lowest BCUT2D eigenvalue weighted by atomic mass is 10.1. The van der Waals surface area contributed by atoms with Gasteiger partial charge >= 0.3 is 0 Å². The third kappa shape index (κ3) is 3.19. The summed E-state index contributed by atoms with van der Waals surface area (Å²) >= 11 is 0. The number of nitro benzene ring substituents is 1. The van der Waals surface area contributed by atoms with E-state index in [1.807, 2.05) is 0 Å². The number of benzene rings is 1. The average molecular weight is 286 g/mol. The van der Waals surface area contributed by atoms with Gasteiger partial charge in [-0.1, -0.05) is 12.1 Å². The monoisotopic (exact) mass is 286 g/mol. The number of carbonyl (C=O) groups excluding carboxylic acids is 1. The van der Waals surface area contributed by atoms with Gasteiger partial charge < -0.3 is 4.90 Å². The van der Waals surface area contributed by atoms with E-state index in [2.05, 4.69) is 9.97 Å². The van der Waals surface area contributed by atoms with Gasteiger partial charge in [-0.25, -0.2) is 4.98 Å². The molecule has 21 heavy (non-hydrogen) atoms. The summed E-state index contributed by atoms with van der Waals surface area (Å²) in [6.45, 7) is 1.80. The molecule has 1 amide bonds. The molecule has 0 saturated carbocycles. The van der Waals surface area contributed by atoms with Gasteiger partial charge in [0.2, 0.25) is 0 Å². The van der Waals surface area contributed by atoms with Crippen LogP contribution in [0.2, 0.25) is 0 Å². The van der Waals surface area contributed by atoms with Crippen LogP contribution in [0, 0.1) is 10.1 Å². The smallest absolute Gasteiger partial charge is 0.274 e. The zero-order chi connectivity index (χ0) is 15.4. The first-order valence-corrected chi connectivity index (χ1v) is 6.28. The van der Waals surface area contributed by atoms with E-state index in [9.17, 15) is 14.9 Å². The molecule has 7 nitrogen and oxygen atoms in total. The predicted octanol–water partition coefficient (Wildman–Crippen LogP) is 2.22. The first-order valence-electron chi connectivity index (χ1n) is 6.28. The highest BCUT2D eigenvalue weighted by Crippen LogP contribution is 2.23. The molecule has 0 saturated heterocycles. The minimum Gasteiger partial charge on any atom is -0.334 e. The molecule has 0 bridgehead atoms. The Morgan fingerprint density at radius 3 is 2.76 bits per heavy atom. The Balaban J connectivity index is 2.23. The second-order valence-electron chi connectivity index (χ2n) is 4.53. The second kappa shape index (κ2) is 6.08. The van der Waals surface area contributed by atoms with Gasteiger partial charge in [-0.15, -0.1) is 0 Å². The van der Waals surface area contributed by atoms with E-state index in [-0.39, 0.29) is 23.3 Å². The largest absolute Gasteiger partial charge is 0.334 e. The summed E-state index contributed by atoms with van der Waals surface area (Å²) in [4.78, 5) is 31.9. The van der Waals surface area contributed by atoms with Crippen molar-refractivity contribution in [2.45, 2.75) is 13.0 Å². The van der Waals surface area contributed by atoms with Crippen molar-refractivity contribution < 1.29 is 9.72 Å². The Kier molecular flexibility index (Phi) is 4.22. The third-order valence-corrected chi connectivity index (χ3v) is 3.25. The standard InChI is InChI=1S/C14H14N4O3/c1-10(11-4-3-5-12(8-11)18(20)21)17(2)14(19)13-9-15-6-7-16-13/h3-10H,1-2H3/t10-/m1/s1. The van der Waals surface area contributed by atoms with Crippen molar-refractivity contribution in [2.75, 3.05) is 7.05 Å². The molecular weight excluding hydrogens is 272 g/mol. The van der Waals surface area contributed by atoms with E-state index in [4.69, 9.17) is 0 Å². The van der Waals surface area contributed by atoms with Gasteiger partial charge in [0.25, 0.3) is 11.6 Å². The first kappa shape index (κ1) is 14.6. The van der Waals surface area contributed by atoms with Crippen molar-refractivity contribution >= 4 is 11.6 Å². The molecule has 0 N–H and O–H groups in total. The fraction of sp³-hybridized carbons (Fsp3) is 0.214. The van der Waals surface area contributed by atoms with Crippen LogP contribution in [0.1, 0.15) is 29.0 Å². The SMILES string of the molecule is C[C@H](c1cccc([N+](=O)[O-])c1)N(C)C(=O)c1cnccn1. The van der Waals surface area contributed by atoms with Gasteiger partial charge in [-0.2, -0.15) is 0 Å². The number of aromatic nitrogens is 2. The molecule has 0 radical (unpaired) electrons. The predicted molar refractivity (Wildman–Crippen MR) is 75.6 cm³/mol. The van der Waals surface area contributed by atoms with Crippen molar-refractivity contribution in [1.29, 1.82) is 0 Å². The Hall–Kier alpha value is -2.83. The Bertz CT molecular complexity index is 660. The van der Waals surface area contributed by atoms with Crippen LogP contribution in [0.4, 0.5) is 5.69 Å². The van der Waals surface area contributed by atoms with E-state index in [1.54, 1.807) is 26.1 Å². The van der Waals surface area contributed by atoms with Crippen LogP contribution < -0.4 is 0 Å². The number of amides is 1. The van der Waals surface area contributed by atoms with E-state index in [0.717, 1.165) is 0 Å². The minimum atomic E-state index is -0.458. The van der Waals surface area contributed by atoms with Crippen LogP contribution in [0.25, 0.3) is 0 Å². The van der Waals surface area contributed by atoms with Crippen molar-refractivity contribution in [3.05, 3.63) is 64.2 Å². The van der Waals surface area contributed by atoms with Crippen LogP contribution >= 0.6 is 0 Å². The summed E-state index contributed by atoms with van der Waals surface area (Å²) in [5, 5.41) is 10.8. The molecule has 0 aliphatic rings. The van der Waals surface area contributed by atoms with Crippen molar-refractivity contribution in [2.24, 2.45) is 0 Å². The molecule has 2 aromatic rings. The lowest BCUT2D eigenvalue weighted by Gasteiger charge is -2.24. The minimum absolute atomic E-state index is 0.000276.